The molecule has 0 saturated heterocycles. The molecule has 1 aliphatic rings. The zero-order chi connectivity index (χ0) is 24.7. The first-order valence-electron chi connectivity index (χ1n) is 11.0. The van der Waals surface area contributed by atoms with Crippen LogP contribution in [0.3, 0.4) is 0 Å². The number of hydrogen-bond donors (Lipinski definition) is 3. The molecule has 0 saturated carbocycles. The molecule has 182 valence electrons. The van der Waals surface area contributed by atoms with Gasteiger partial charge in [0.05, 0.1) is 6.61 Å². The van der Waals surface area contributed by atoms with Crippen molar-refractivity contribution >= 4 is 18.0 Å². The molecule has 0 spiro atoms. The van der Waals surface area contributed by atoms with E-state index in [1.54, 1.807) is 13.8 Å². The third-order valence-corrected chi connectivity index (χ3v) is 5.87. The molecule has 1 atom stereocenters. The number of alkyl carbamates (subject to hydrolysis) is 1. The quantitative estimate of drug-likeness (QED) is 0.431. The van der Waals surface area contributed by atoms with Gasteiger partial charge in [0.25, 0.3) is 0 Å². The number of carbonyl (C=O) groups excluding carboxylic acids is 2. The minimum atomic E-state index is -1.32. The van der Waals surface area contributed by atoms with Crippen LogP contribution < -0.4 is 10.8 Å². The van der Waals surface area contributed by atoms with Gasteiger partial charge in [0, 0.05) is 25.0 Å². The highest BCUT2D eigenvalue weighted by Gasteiger charge is 2.31. The van der Waals surface area contributed by atoms with Crippen LogP contribution >= 0.6 is 0 Å². The number of aliphatic carboxylic acids is 1. The number of rotatable bonds is 11. The van der Waals surface area contributed by atoms with Crippen molar-refractivity contribution in [3.8, 4) is 11.1 Å². The smallest absolute Gasteiger partial charge is 0.407 e. The summed E-state index contributed by atoms with van der Waals surface area (Å²) in [6, 6.07) is 16.2. The summed E-state index contributed by atoms with van der Waals surface area (Å²) in [6.45, 7) is 3.51. The molecule has 34 heavy (non-hydrogen) atoms. The number of nitrogens with one attached hydrogen (secondary N) is 2. The van der Waals surface area contributed by atoms with Gasteiger partial charge in [-0.3, -0.25) is 9.63 Å². The molecule has 0 aliphatic heterocycles. The van der Waals surface area contributed by atoms with Gasteiger partial charge in [-0.2, -0.15) is 0 Å². The molecular weight excluding hydrogens is 440 g/mol. The van der Waals surface area contributed by atoms with Crippen molar-refractivity contribution in [1.29, 1.82) is 0 Å². The Kier molecular flexibility index (Phi) is 8.25. The van der Waals surface area contributed by atoms with Crippen molar-refractivity contribution in [3.05, 3.63) is 59.7 Å². The van der Waals surface area contributed by atoms with Crippen LogP contribution in [-0.4, -0.2) is 56.0 Å². The SMILES string of the molecule is COCC(ONC(=O)C(C)(C)CCNC(=O)OCC1c2ccccc2-c2ccccc21)C(=O)O. The van der Waals surface area contributed by atoms with Crippen LogP contribution in [0.1, 0.15) is 37.3 Å². The number of amides is 2. The predicted octanol–water partition coefficient (Wildman–Crippen LogP) is 3.09. The van der Waals surface area contributed by atoms with E-state index in [1.165, 1.54) is 7.11 Å². The van der Waals surface area contributed by atoms with E-state index in [4.69, 9.17) is 19.4 Å². The Hall–Kier alpha value is -3.43. The summed E-state index contributed by atoms with van der Waals surface area (Å²) in [5.41, 5.74) is 5.80. The molecule has 3 rings (SSSR count). The Bertz CT molecular complexity index is 992. The molecule has 3 N–H and O–H groups in total. The van der Waals surface area contributed by atoms with Gasteiger partial charge >= 0.3 is 12.1 Å². The number of fused-ring (bicyclic) bond motifs is 3. The van der Waals surface area contributed by atoms with E-state index in [9.17, 15) is 14.4 Å². The lowest BCUT2D eigenvalue weighted by Crippen LogP contribution is -2.43. The normalized spacial score (nSPS) is 13.5. The molecule has 0 bridgehead atoms. The summed E-state index contributed by atoms with van der Waals surface area (Å²) in [4.78, 5) is 40.7. The van der Waals surface area contributed by atoms with Crippen molar-refractivity contribution in [1.82, 2.24) is 10.8 Å². The van der Waals surface area contributed by atoms with Crippen molar-refractivity contribution in [2.75, 3.05) is 26.9 Å². The molecule has 0 radical (unpaired) electrons. The molecule has 9 heteroatoms. The number of ether oxygens (including phenoxy) is 2. The number of carboxylic acids is 1. The highest BCUT2D eigenvalue weighted by atomic mass is 16.7. The Balaban J connectivity index is 1.46. The largest absolute Gasteiger partial charge is 0.479 e. The van der Waals surface area contributed by atoms with E-state index in [0.29, 0.717) is 0 Å². The van der Waals surface area contributed by atoms with E-state index in [2.05, 4.69) is 22.9 Å². The molecule has 0 fully saturated rings. The summed E-state index contributed by atoms with van der Waals surface area (Å²) in [6.07, 6.45) is -1.60. The Morgan fingerprint density at radius 1 is 1.03 bits per heavy atom. The van der Waals surface area contributed by atoms with Gasteiger partial charge in [-0.1, -0.05) is 62.4 Å². The summed E-state index contributed by atoms with van der Waals surface area (Å²) in [5.74, 6) is -1.80. The first-order chi connectivity index (χ1) is 16.2. The second kappa shape index (κ2) is 11.1. The molecule has 9 nitrogen and oxygen atoms in total. The number of benzene rings is 2. The minimum absolute atomic E-state index is 0.0354. The number of carboxylic acid groups (broad SMARTS) is 1. The monoisotopic (exact) mass is 470 g/mol. The third kappa shape index (κ3) is 5.92. The maximum atomic E-state index is 12.4. The Morgan fingerprint density at radius 2 is 1.62 bits per heavy atom. The molecule has 2 aromatic carbocycles. The van der Waals surface area contributed by atoms with Crippen molar-refractivity contribution in [3.63, 3.8) is 0 Å². The lowest BCUT2D eigenvalue weighted by Gasteiger charge is -2.24. The standard InChI is InChI=1S/C25H30N2O7/c1-25(2,23(30)27-34-21(15-32-3)22(28)29)12-13-26-24(31)33-14-20-18-10-6-4-8-16(18)17-9-5-7-11-19(17)20/h4-11,20-21H,12-15H2,1-3H3,(H,26,31)(H,27,30)(H,28,29). The van der Waals surface area contributed by atoms with E-state index in [1.807, 2.05) is 36.4 Å². The average molecular weight is 471 g/mol. The van der Waals surface area contributed by atoms with E-state index >= 15 is 0 Å². The van der Waals surface area contributed by atoms with Crippen LogP contribution in [0.25, 0.3) is 11.1 Å². The van der Waals surface area contributed by atoms with Crippen LogP contribution in [0.2, 0.25) is 0 Å². The van der Waals surface area contributed by atoms with Crippen LogP contribution in [-0.2, 0) is 23.9 Å². The Morgan fingerprint density at radius 3 is 2.18 bits per heavy atom. The van der Waals surface area contributed by atoms with Crippen molar-refractivity contribution in [2.45, 2.75) is 32.3 Å². The topological polar surface area (TPSA) is 123 Å². The zero-order valence-corrected chi connectivity index (χ0v) is 19.5. The second-order valence-electron chi connectivity index (χ2n) is 8.72. The van der Waals surface area contributed by atoms with Gasteiger partial charge in [0.15, 0.2) is 0 Å². The average Bonchev–Trinajstić information content (AvgIpc) is 3.13. The number of carbonyl (C=O) groups is 3. The lowest BCUT2D eigenvalue weighted by molar-refractivity contribution is -0.168. The van der Waals surface area contributed by atoms with Crippen LogP contribution in [0.4, 0.5) is 4.79 Å². The van der Waals surface area contributed by atoms with Crippen LogP contribution in [0.5, 0.6) is 0 Å². The summed E-state index contributed by atoms with van der Waals surface area (Å²) in [7, 11) is 1.33. The van der Waals surface area contributed by atoms with Gasteiger partial charge in [0.1, 0.15) is 6.61 Å². The fourth-order valence-electron chi connectivity index (χ4n) is 3.81. The number of methoxy groups -OCH3 is 1. The molecule has 2 aromatic rings. The fraction of sp³-hybridized carbons (Fsp3) is 0.400. The molecule has 1 aliphatic carbocycles. The molecule has 0 aromatic heterocycles. The molecule has 0 heterocycles. The molecular formula is C25H30N2O7. The van der Waals surface area contributed by atoms with Gasteiger partial charge < -0.3 is 19.9 Å². The van der Waals surface area contributed by atoms with E-state index in [-0.39, 0.29) is 32.1 Å². The minimum Gasteiger partial charge on any atom is -0.479 e. The zero-order valence-electron chi connectivity index (χ0n) is 19.5. The molecule has 1 unspecified atom stereocenters. The predicted molar refractivity (Wildman–Crippen MR) is 124 cm³/mol. The summed E-state index contributed by atoms with van der Waals surface area (Å²) >= 11 is 0. The fourth-order valence-corrected chi connectivity index (χ4v) is 3.81. The van der Waals surface area contributed by atoms with Crippen molar-refractivity contribution in [2.24, 2.45) is 5.41 Å². The van der Waals surface area contributed by atoms with Crippen LogP contribution in [0, 0.1) is 5.41 Å². The van der Waals surface area contributed by atoms with Gasteiger partial charge in [-0.25, -0.2) is 15.1 Å². The highest BCUT2D eigenvalue weighted by Crippen LogP contribution is 2.44. The second-order valence-corrected chi connectivity index (χ2v) is 8.72. The lowest BCUT2D eigenvalue weighted by atomic mass is 9.88. The first-order valence-corrected chi connectivity index (χ1v) is 11.0. The number of hydrogen-bond acceptors (Lipinski definition) is 6. The number of hydroxylamine groups is 1. The van der Waals surface area contributed by atoms with Crippen molar-refractivity contribution < 1.29 is 33.8 Å². The van der Waals surface area contributed by atoms with Gasteiger partial charge in [-0.05, 0) is 28.7 Å². The van der Waals surface area contributed by atoms with E-state index in [0.717, 1.165) is 22.3 Å². The maximum absolute atomic E-state index is 12.4. The van der Waals surface area contributed by atoms with Crippen LogP contribution in [0.15, 0.2) is 48.5 Å². The Labute approximate surface area is 198 Å². The highest BCUT2D eigenvalue weighted by molar-refractivity contribution is 5.81. The van der Waals surface area contributed by atoms with E-state index < -0.39 is 29.5 Å². The van der Waals surface area contributed by atoms with Gasteiger partial charge in [0.2, 0.25) is 12.0 Å². The summed E-state index contributed by atoms with van der Waals surface area (Å²) < 4.78 is 10.2. The first kappa shape index (κ1) is 25.2. The third-order valence-electron chi connectivity index (χ3n) is 5.87. The molecule has 2 amide bonds. The summed E-state index contributed by atoms with van der Waals surface area (Å²) in [5, 5.41) is 11.7. The van der Waals surface area contributed by atoms with Gasteiger partial charge in [-0.15, -0.1) is 0 Å². The maximum Gasteiger partial charge on any atom is 0.407 e.